The van der Waals surface area contributed by atoms with Gasteiger partial charge in [0.1, 0.15) is 6.04 Å². The molecule has 0 heterocycles. The summed E-state index contributed by atoms with van der Waals surface area (Å²) >= 11 is 0. The monoisotopic (exact) mass is 369 g/mol. The van der Waals surface area contributed by atoms with Gasteiger partial charge in [0.25, 0.3) is 0 Å². The van der Waals surface area contributed by atoms with E-state index in [0.717, 1.165) is 19.1 Å². The predicted octanol–water partition coefficient (Wildman–Crippen LogP) is 1.90. The number of para-hydroxylation sites is 1. The number of hydrogen-bond donors (Lipinski definition) is 4. The molecule has 1 aliphatic rings. The Hall–Kier alpha value is -2.29. The molecule has 1 aromatic rings. The molecule has 0 bridgehead atoms. The summed E-state index contributed by atoms with van der Waals surface area (Å²) in [6.07, 6.45) is 2.27. The molecule has 0 aliphatic heterocycles. The van der Waals surface area contributed by atoms with Crippen LogP contribution in [-0.4, -0.2) is 44.4 Å². The van der Waals surface area contributed by atoms with E-state index >= 15 is 0 Å². The van der Waals surface area contributed by atoms with Gasteiger partial charge in [-0.05, 0) is 37.3 Å². The highest BCUT2D eigenvalue weighted by atomic mass is 32.2. The lowest BCUT2D eigenvalue weighted by molar-refractivity contribution is -0.118. The van der Waals surface area contributed by atoms with E-state index in [1.54, 1.807) is 19.1 Å². The molecule has 0 saturated heterocycles. The van der Waals surface area contributed by atoms with Gasteiger partial charge in [-0.25, -0.2) is 13.2 Å². The highest BCUT2D eigenvalue weighted by molar-refractivity contribution is 7.90. The van der Waals surface area contributed by atoms with Crippen molar-refractivity contribution in [2.75, 3.05) is 23.4 Å². The van der Waals surface area contributed by atoms with Crippen LogP contribution in [0.2, 0.25) is 0 Å². The second-order valence-electron chi connectivity index (χ2n) is 6.17. The van der Waals surface area contributed by atoms with E-state index in [0.29, 0.717) is 23.8 Å². The molecule has 1 saturated carbocycles. The number of hydrogen-bond acceptors (Lipinski definition) is 5. The summed E-state index contributed by atoms with van der Waals surface area (Å²) < 4.78 is 24.1. The van der Waals surface area contributed by atoms with Crippen molar-refractivity contribution in [1.29, 1.82) is 0 Å². The molecule has 9 heteroatoms. The Labute approximate surface area is 146 Å². The Morgan fingerprint density at radius 1 is 1.32 bits per heavy atom. The molecule has 1 atom stereocenters. The van der Waals surface area contributed by atoms with Gasteiger partial charge in [-0.3, -0.25) is 4.79 Å². The molecule has 1 unspecified atom stereocenters. The molecule has 0 spiro atoms. The van der Waals surface area contributed by atoms with Crippen molar-refractivity contribution in [2.45, 2.75) is 37.1 Å². The number of rotatable bonds is 8. The van der Waals surface area contributed by atoms with E-state index in [-0.39, 0.29) is 11.3 Å². The Bertz CT molecular complexity index is 759. The quantitative estimate of drug-likeness (QED) is 0.555. The maximum Gasteiger partial charge on any atom is 0.405 e. The molecule has 1 fully saturated rings. The van der Waals surface area contributed by atoms with Gasteiger partial charge in [0, 0.05) is 12.8 Å². The molecule has 0 radical (unpaired) electrons. The number of carbonyl (C=O) groups is 2. The van der Waals surface area contributed by atoms with Gasteiger partial charge in [0.2, 0.25) is 5.91 Å². The minimum Gasteiger partial charge on any atom is -0.465 e. The molecule has 2 rings (SSSR count). The van der Waals surface area contributed by atoms with Gasteiger partial charge in [-0.2, -0.15) is 0 Å². The summed E-state index contributed by atoms with van der Waals surface area (Å²) in [6.45, 7) is 2.30. The normalized spacial score (nSPS) is 15.3. The van der Waals surface area contributed by atoms with Gasteiger partial charge in [-0.1, -0.05) is 13.0 Å². The topological polar surface area (TPSA) is 125 Å². The van der Waals surface area contributed by atoms with Crippen molar-refractivity contribution in [2.24, 2.45) is 5.92 Å². The minimum atomic E-state index is -3.49. The first-order valence-electron chi connectivity index (χ1n) is 8.09. The van der Waals surface area contributed by atoms with Crippen LogP contribution in [0.5, 0.6) is 0 Å². The molecule has 8 nitrogen and oxygen atoms in total. The van der Waals surface area contributed by atoms with Crippen LogP contribution in [0.15, 0.2) is 23.1 Å². The van der Waals surface area contributed by atoms with E-state index in [2.05, 4.69) is 16.0 Å². The van der Waals surface area contributed by atoms with Crippen LogP contribution in [0.4, 0.5) is 16.2 Å². The summed E-state index contributed by atoms with van der Waals surface area (Å²) in [6, 6.07) is 3.69. The zero-order valence-corrected chi connectivity index (χ0v) is 15.0. The van der Waals surface area contributed by atoms with Crippen molar-refractivity contribution in [1.82, 2.24) is 5.32 Å². The number of anilines is 2. The van der Waals surface area contributed by atoms with Crippen LogP contribution in [0.1, 0.15) is 26.2 Å². The van der Waals surface area contributed by atoms with Gasteiger partial charge in [-0.15, -0.1) is 0 Å². The molecule has 138 valence electrons. The average molecular weight is 369 g/mol. The van der Waals surface area contributed by atoms with Crippen molar-refractivity contribution < 1.29 is 23.1 Å². The fourth-order valence-electron chi connectivity index (χ4n) is 2.42. The Morgan fingerprint density at radius 3 is 2.52 bits per heavy atom. The summed E-state index contributed by atoms with van der Waals surface area (Å²) in [5, 5.41) is 16.7. The first-order valence-corrected chi connectivity index (χ1v) is 9.98. The van der Waals surface area contributed by atoms with Crippen LogP contribution in [0.25, 0.3) is 0 Å². The molecular weight excluding hydrogens is 346 g/mol. The van der Waals surface area contributed by atoms with Gasteiger partial charge >= 0.3 is 6.09 Å². The lowest BCUT2D eigenvalue weighted by Gasteiger charge is -2.19. The number of sulfone groups is 1. The molecule has 25 heavy (non-hydrogen) atoms. The zero-order chi connectivity index (χ0) is 18.6. The third-order valence-corrected chi connectivity index (χ3v) is 5.11. The van der Waals surface area contributed by atoms with E-state index in [4.69, 9.17) is 5.11 Å². The first-order chi connectivity index (χ1) is 11.7. The summed E-state index contributed by atoms with van der Waals surface area (Å²) in [7, 11) is -3.49. The van der Waals surface area contributed by atoms with Crippen molar-refractivity contribution >= 4 is 33.2 Å². The van der Waals surface area contributed by atoms with Gasteiger partial charge in [0.05, 0.1) is 16.3 Å². The summed E-state index contributed by atoms with van der Waals surface area (Å²) in [5.74, 6) is -0.0294. The smallest absolute Gasteiger partial charge is 0.405 e. The number of carboxylic acid groups (broad SMARTS) is 1. The Balaban J connectivity index is 2.28. The lowest BCUT2D eigenvalue weighted by atomic mass is 10.2. The minimum absolute atomic E-state index is 0.102. The Kier molecular flexibility index (Phi) is 5.89. The van der Waals surface area contributed by atoms with E-state index in [1.807, 2.05) is 0 Å². The van der Waals surface area contributed by atoms with Crippen LogP contribution in [0, 0.1) is 5.92 Å². The van der Waals surface area contributed by atoms with Crippen LogP contribution < -0.4 is 16.0 Å². The maximum absolute atomic E-state index is 12.3. The standard InChI is InChI=1S/C16H23N3O5S/c1-3-11(19-16(21)22)15(20)18-12-5-4-6-13(25(2,23)24)14(12)17-9-10-7-8-10/h4-6,10-11,17,19H,3,7-9H2,1-2H3,(H,18,20)(H,21,22). The third-order valence-electron chi connectivity index (χ3n) is 3.97. The van der Waals surface area contributed by atoms with Crippen molar-refractivity contribution in [3.8, 4) is 0 Å². The second kappa shape index (κ2) is 7.73. The molecule has 0 aromatic heterocycles. The second-order valence-corrected chi connectivity index (χ2v) is 8.16. The van der Waals surface area contributed by atoms with Gasteiger partial charge < -0.3 is 21.1 Å². The third kappa shape index (κ3) is 5.35. The molecule has 1 aromatic carbocycles. The number of amides is 2. The lowest BCUT2D eigenvalue weighted by Crippen LogP contribution is -2.42. The van der Waals surface area contributed by atoms with Crippen LogP contribution >= 0.6 is 0 Å². The van der Waals surface area contributed by atoms with E-state index in [9.17, 15) is 18.0 Å². The number of benzene rings is 1. The van der Waals surface area contributed by atoms with Gasteiger partial charge in [0.15, 0.2) is 9.84 Å². The van der Waals surface area contributed by atoms with Crippen molar-refractivity contribution in [3.05, 3.63) is 18.2 Å². The SMILES string of the molecule is CCC(NC(=O)O)C(=O)Nc1cccc(S(C)(=O)=O)c1NCC1CC1. The molecule has 4 N–H and O–H groups in total. The highest BCUT2D eigenvalue weighted by Crippen LogP contribution is 2.34. The molecule has 2 amide bonds. The maximum atomic E-state index is 12.3. The predicted molar refractivity (Wildman–Crippen MR) is 94.6 cm³/mol. The number of carbonyl (C=O) groups excluding carboxylic acids is 1. The highest BCUT2D eigenvalue weighted by Gasteiger charge is 2.25. The molecule has 1 aliphatic carbocycles. The zero-order valence-electron chi connectivity index (χ0n) is 14.2. The largest absolute Gasteiger partial charge is 0.465 e. The molecular formula is C16H23N3O5S. The fraction of sp³-hybridized carbons (Fsp3) is 0.500. The van der Waals surface area contributed by atoms with Crippen molar-refractivity contribution in [3.63, 3.8) is 0 Å². The van der Waals surface area contributed by atoms with Crippen LogP contribution in [-0.2, 0) is 14.6 Å². The summed E-state index contributed by atoms with van der Waals surface area (Å²) in [4.78, 5) is 23.2. The fourth-order valence-corrected chi connectivity index (χ4v) is 3.30. The number of nitrogens with one attached hydrogen (secondary N) is 3. The van der Waals surface area contributed by atoms with E-state index < -0.39 is 27.9 Å². The summed E-state index contributed by atoms with van der Waals surface area (Å²) in [5.41, 5.74) is 0.662. The van der Waals surface area contributed by atoms with E-state index in [1.165, 1.54) is 6.07 Å². The average Bonchev–Trinajstić information content (AvgIpc) is 3.34. The first kappa shape index (κ1) is 19.0. The Morgan fingerprint density at radius 2 is 2.00 bits per heavy atom. The van der Waals surface area contributed by atoms with Crippen LogP contribution in [0.3, 0.4) is 0 Å².